The van der Waals surface area contributed by atoms with Crippen molar-refractivity contribution >= 4 is 22.4 Å². The monoisotopic (exact) mass is 388 g/mol. The largest absolute Gasteiger partial charge is 0.384 e. The summed E-state index contributed by atoms with van der Waals surface area (Å²) < 4.78 is 71.8. The fourth-order valence-electron chi connectivity index (χ4n) is 2.68. The van der Waals surface area contributed by atoms with E-state index in [1.54, 1.807) is 0 Å². The molecule has 24 heavy (non-hydrogen) atoms. The van der Waals surface area contributed by atoms with Gasteiger partial charge >= 0.3 is 0 Å². The molecule has 1 aliphatic rings. The lowest BCUT2D eigenvalue weighted by atomic mass is 9.80. The molecule has 1 aliphatic heterocycles. The fraction of sp³-hybridized carbons (Fsp3) is 0.571. The Bertz CT molecular complexity index is 662. The molecule has 0 aromatic heterocycles. The first-order chi connectivity index (χ1) is 10.8. The molecule has 1 aromatic carbocycles. The highest BCUT2D eigenvalue weighted by Gasteiger charge is 2.34. The van der Waals surface area contributed by atoms with Gasteiger partial charge in [-0.1, -0.05) is 0 Å². The first-order valence-corrected chi connectivity index (χ1v) is 8.62. The maximum Gasteiger partial charge on any atom is 0.243 e. The Morgan fingerprint density at radius 2 is 1.83 bits per heavy atom. The Morgan fingerprint density at radius 1 is 1.21 bits per heavy atom. The molecule has 0 radical (unpaired) electrons. The zero-order valence-electron chi connectivity index (χ0n) is 13.1. The highest BCUT2D eigenvalue weighted by atomic mass is 35.5. The van der Waals surface area contributed by atoms with Crippen molar-refractivity contribution in [2.24, 2.45) is 5.41 Å². The maximum atomic E-state index is 13.7. The first-order valence-electron chi connectivity index (χ1n) is 7.14. The van der Waals surface area contributed by atoms with Crippen molar-refractivity contribution in [2.75, 3.05) is 33.4 Å². The number of halogens is 4. The van der Waals surface area contributed by atoms with Gasteiger partial charge in [0.15, 0.2) is 17.5 Å². The summed E-state index contributed by atoms with van der Waals surface area (Å²) in [5.74, 6) is -4.96. The van der Waals surface area contributed by atoms with E-state index in [-0.39, 0.29) is 19.0 Å². The quantitative estimate of drug-likeness (QED) is 0.729. The summed E-state index contributed by atoms with van der Waals surface area (Å²) in [6.45, 7) is 1.80. The number of piperidine rings is 1. The molecule has 2 N–H and O–H groups in total. The lowest BCUT2D eigenvalue weighted by Gasteiger charge is -2.37. The summed E-state index contributed by atoms with van der Waals surface area (Å²) in [7, 11) is -2.77. The van der Waals surface area contributed by atoms with Crippen LogP contribution in [0.15, 0.2) is 17.0 Å². The minimum absolute atomic E-state index is 0. The first kappa shape index (κ1) is 21.2. The zero-order valence-corrected chi connectivity index (χ0v) is 14.7. The van der Waals surface area contributed by atoms with Gasteiger partial charge in [-0.2, -0.15) is 0 Å². The van der Waals surface area contributed by atoms with E-state index in [0.29, 0.717) is 44.7 Å². The van der Waals surface area contributed by atoms with Crippen LogP contribution in [0.2, 0.25) is 0 Å². The number of benzene rings is 1. The van der Waals surface area contributed by atoms with Crippen molar-refractivity contribution in [2.45, 2.75) is 17.7 Å². The van der Waals surface area contributed by atoms with Crippen LogP contribution >= 0.6 is 12.4 Å². The number of sulfonamides is 1. The number of rotatable bonds is 6. The van der Waals surface area contributed by atoms with Crippen molar-refractivity contribution in [1.82, 2.24) is 10.0 Å². The maximum absolute atomic E-state index is 13.7. The molecule has 0 amide bonds. The summed E-state index contributed by atoms with van der Waals surface area (Å²) in [5, 5.41) is 3.17. The molecule has 0 aliphatic carbocycles. The van der Waals surface area contributed by atoms with Crippen molar-refractivity contribution in [3.05, 3.63) is 29.6 Å². The number of hydrogen-bond acceptors (Lipinski definition) is 4. The molecule has 0 saturated carbocycles. The Balaban J connectivity index is 0.00000288. The molecule has 0 unspecified atom stereocenters. The van der Waals surface area contributed by atoms with Gasteiger partial charge < -0.3 is 10.1 Å². The summed E-state index contributed by atoms with van der Waals surface area (Å²) in [6, 6.07) is 1.30. The van der Waals surface area contributed by atoms with Gasteiger partial charge in [-0.25, -0.2) is 26.3 Å². The van der Waals surface area contributed by atoms with E-state index >= 15 is 0 Å². The summed E-state index contributed by atoms with van der Waals surface area (Å²) in [4.78, 5) is -0.905. The molecule has 1 aromatic rings. The lowest BCUT2D eigenvalue weighted by Crippen LogP contribution is -2.47. The van der Waals surface area contributed by atoms with Gasteiger partial charge in [-0.05, 0) is 38.1 Å². The number of ether oxygens (including phenoxy) is 1. The summed E-state index contributed by atoms with van der Waals surface area (Å²) >= 11 is 0. The second kappa shape index (κ2) is 8.48. The number of methoxy groups -OCH3 is 1. The van der Waals surface area contributed by atoms with E-state index in [1.165, 1.54) is 7.11 Å². The predicted octanol–water partition coefficient (Wildman–Crippen LogP) is 1.82. The molecule has 1 saturated heterocycles. The number of nitrogens with one attached hydrogen (secondary N) is 2. The SMILES string of the molecule is COCC1(CNS(=O)(=O)c2ccc(F)c(F)c2F)CCNCC1.Cl. The topological polar surface area (TPSA) is 67.4 Å². The van der Waals surface area contributed by atoms with Crippen LogP contribution in [-0.2, 0) is 14.8 Å². The third-order valence-electron chi connectivity index (χ3n) is 4.04. The van der Waals surface area contributed by atoms with Crippen LogP contribution in [0.3, 0.4) is 0 Å². The summed E-state index contributed by atoms with van der Waals surface area (Å²) in [5.41, 5.74) is -0.415. The molecule has 5 nitrogen and oxygen atoms in total. The smallest absolute Gasteiger partial charge is 0.243 e. The molecule has 0 atom stereocenters. The highest BCUT2D eigenvalue weighted by Crippen LogP contribution is 2.29. The van der Waals surface area contributed by atoms with Gasteiger partial charge in [0.05, 0.1) is 6.61 Å². The minimum Gasteiger partial charge on any atom is -0.384 e. The van der Waals surface area contributed by atoms with Gasteiger partial charge in [0, 0.05) is 19.1 Å². The van der Waals surface area contributed by atoms with Gasteiger partial charge in [0.1, 0.15) is 4.90 Å². The molecular weight excluding hydrogens is 369 g/mol. The van der Waals surface area contributed by atoms with Crippen LogP contribution in [0.1, 0.15) is 12.8 Å². The average molecular weight is 389 g/mol. The van der Waals surface area contributed by atoms with E-state index in [0.717, 1.165) is 0 Å². The second-order valence-corrected chi connectivity index (χ2v) is 7.42. The predicted molar refractivity (Wildman–Crippen MR) is 85.2 cm³/mol. The third-order valence-corrected chi connectivity index (χ3v) is 5.46. The van der Waals surface area contributed by atoms with Crippen molar-refractivity contribution < 1.29 is 26.3 Å². The molecular formula is C14H20ClF3N2O3S. The summed E-state index contributed by atoms with van der Waals surface area (Å²) in [6.07, 6.45) is 1.37. The molecule has 138 valence electrons. The Labute approximate surface area is 145 Å². The molecule has 0 bridgehead atoms. The second-order valence-electron chi connectivity index (χ2n) is 5.68. The molecule has 1 fully saturated rings. The Kier molecular flexibility index (Phi) is 7.48. The Morgan fingerprint density at radius 3 is 2.42 bits per heavy atom. The molecule has 0 spiro atoms. The van der Waals surface area contributed by atoms with E-state index in [4.69, 9.17) is 4.74 Å². The van der Waals surface area contributed by atoms with E-state index in [9.17, 15) is 21.6 Å². The van der Waals surface area contributed by atoms with Gasteiger partial charge in [0.25, 0.3) is 0 Å². The highest BCUT2D eigenvalue weighted by molar-refractivity contribution is 7.89. The average Bonchev–Trinajstić information content (AvgIpc) is 2.52. The van der Waals surface area contributed by atoms with Crippen molar-refractivity contribution in [3.8, 4) is 0 Å². The van der Waals surface area contributed by atoms with Crippen LogP contribution in [0, 0.1) is 22.9 Å². The molecule has 1 heterocycles. The van der Waals surface area contributed by atoms with E-state index in [2.05, 4.69) is 10.0 Å². The van der Waals surface area contributed by atoms with Gasteiger partial charge in [0.2, 0.25) is 10.0 Å². The van der Waals surface area contributed by atoms with Crippen LogP contribution in [0.4, 0.5) is 13.2 Å². The van der Waals surface area contributed by atoms with Crippen molar-refractivity contribution in [1.29, 1.82) is 0 Å². The fourth-order valence-corrected chi connectivity index (χ4v) is 3.90. The molecule has 10 heteroatoms. The standard InChI is InChI=1S/C14H19F3N2O3S.ClH/c1-22-9-14(4-6-18-7-5-14)8-19-23(20,21)11-3-2-10(15)12(16)13(11)17;/h2-3,18-19H,4-9H2,1H3;1H. The normalized spacial score (nSPS) is 17.3. The van der Waals surface area contributed by atoms with Crippen LogP contribution in [0.25, 0.3) is 0 Å². The lowest BCUT2D eigenvalue weighted by molar-refractivity contribution is 0.0577. The molecule has 2 rings (SSSR count). The zero-order chi connectivity index (χ0) is 17.1. The van der Waals surface area contributed by atoms with Crippen LogP contribution < -0.4 is 10.0 Å². The van der Waals surface area contributed by atoms with Gasteiger partial charge in [-0.3, -0.25) is 0 Å². The third kappa shape index (κ3) is 4.60. The van der Waals surface area contributed by atoms with Gasteiger partial charge in [-0.15, -0.1) is 12.4 Å². The number of hydrogen-bond donors (Lipinski definition) is 2. The van der Waals surface area contributed by atoms with E-state index in [1.807, 2.05) is 0 Å². The Hall–Kier alpha value is -0.870. The van der Waals surface area contributed by atoms with Crippen LogP contribution in [0.5, 0.6) is 0 Å². The van der Waals surface area contributed by atoms with E-state index < -0.39 is 37.8 Å². The van der Waals surface area contributed by atoms with Crippen LogP contribution in [-0.4, -0.2) is 41.8 Å². The minimum atomic E-state index is -4.29. The van der Waals surface area contributed by atoms with Crippen molar-refractivity contribution in [3.63, 3.8) is 0 Å².